The van der Waals surface area contributed by atoms with E-state index in [1.54, 1.807) is 20.3 Å². The van der Waals surface area contributed by atoms with Crippen molar-refractivity contribution in [2.75, 3.05) is 19.5 Å². The fourth-order valence-corrected chi connectivity index (χ4v) is 3.04. The Balaban J connectivity index is 1.75. The van der Waals surface area contributed by atoms with Crippen LogP contribution in [0.15, 0.2) is 54.1 Å². The van der Waals surface area contributed by atoms with E-state index in [1.807, 2.05) is 49.4 Å². The fraction of sp³-hybridized carbons (Fsp3) is 0.227. The number of amides is 1. The second-order valence-electron chi connectivity index (χ2n) is 6.26. The van der Waals surface area contributed by atoms with Gasteiger partial charge in [-0.05, 0) is 60.2 Å². The molecule has 4 nitrogen and oxygen atoms in total. The molecule has 0 saturated carbocycles. The Bertz CT molecular complexity index is 881. The number of rotatable bonds is 5. The Morgan fingerprint density at radius 2 is 1.81 bits per heavy atom. The number of methoxy groups -OCH3 is 2. The van der Waals surface area contributed by atoms with Crippen molar-refractivity contribution in [3.8, 4) is 11.5 Å². The lowest BCUT2D eigenvalue weighted by atomic mass is 9.91. The van der Waals surface area contributed by atoms with E-state index in [9.17, 15) is 4.79 Å². The summed E-state index contributed by atoms with van der Waals surface area (Å²) in [5.74, 6) is 1.33. The smallest absolute Gasteiger partial charge is 0.248 e. The molecule has 0 bridgehead atoms. The highest BCUT2D eigenvalue weighted by Gasteiger charge is 2.14. The van der Waals surface area contributed by atoms with Crippen LogP contribution in [0.25, 0.3) is 6.08 Å². The average molecular weight is 349 g/mol. The van der Waals surface area contributed by atoms with Crippen molar-refractivity contribution >= 4 is 17.7 Å². The topological polar surface area (TPSA) is 47.6 Å². The first-order chi connectivity index (χ1) is 12.6. The van der Waals surface area contributed by atoms with Crippen LogP contribution in [0, 0.1) is 6.92 Å². The first-order valence-corrected chi connectivity index (χ1v) is 8.61. The summed E-state index contributed by atoms with van der Waals surface area (Å²) in [6.07, 6.45) is 7.36. The second kappa shape index (κ2) is 7.91. The summed E-state index contributed by atoms with van der Waals surface area (Å²) in [5.41, 5.74) is 5.32. The molecule has 1 aliphatic carbocycles. The minimum Gasteiger partial charge on any atom is -0.493 e. The van der Waals surface area contributed by atoms with E-state index in [-0.39, 0.29) is 5.91 Å². The van der Waals surface area contributed by atoms with Gasteiger partial charge in [-0.2, -0.15) is 0 Å². The third-order valence-electron chi connectivity index (χ3n) is 4.52. The van der Waals surface area contributed by atoms with Crippen LogP contribution in [0.1, 0.15) is 23.1 Å². The van der Waals surface area contributed by atoms with Crippen LogP contribution in [-0.2, 0) is 11.2 Å². The third kappa shape index (κ3) is 3.97. The first kappa shape index (κ1) is 17.8. The number of carbonyl (C=O) groups excluding carboxylic acids is 1. The number of anilines is 1. The summed E-state index contributed by atoms with van der Waals surface area (Å²) in [6, 6.07) is 11.7. The SMILES string of the molecule is COc1cc2c(cc1OC)CCC(/C=C/C(=O)Nc1ccccc1C)=C2. The summed E-state index contributed by atoms with van der Waals surface area (Å²) in [7, 11) is 3.28. The molecule has 1 amide bonds. The predicted octanol–water partition coefficient (Wildman–Crippen LogP) is 4.54. The predicted molar refractivity (Wildman–Crippen MR) is 105 cm³/mol. The Morgan fingerprint density at radius 1 is 1.08 bits per heavy atom. The van der Waals surface area contributed by atoms with E-state index < -0.39 is 0 Å². The van der Waals surface area contributed by atoms with Gasteiger partial charge in [0.15, 0.2) is 11.5 Å². The van der Waals surface area contributed by atoms with Crippen molar-refractivity contribution in [3.05, 3.63) is 70.8 Å². The van der Waals surface area contributed by atoms with Gasteiger partial charge in [-0.15, -0.1) is 0 Å². The van der Waals surface area contributed by atoms with Crippen molar-refractivity contribution in [3.63, 3.8) is 0 Å². The second-order valence-corrected chi connectivity index (χ2v) is 6.26. The van der Waals surface area contributed by atoms with Gasteiger partial charge in [0, 0.05) is 11.8 Å². The average Bonchev–Trinajstić information content (AvgIpc) is 2.66. The van der Waals surface area contributed by atoms with Gasteiger partial charge in [-0.25, -0.2) is 0 Å². The highest BCUT2D eigenvalue weighted by Crippen LogP contribution is 2.35. The maximum Gasteiger partial charge on any atom is 0.248 e. The molecule has 0 aliphatic heterocycles. The molecule has 0 aromatic heterocycles. The number of para-hydroxylation sites is 1. The molecule has 0 saturated heterocycles. The van der Waals surface area contributed by atoms with Crippen molar-refractivity contribution in [1.82, 2.24) is 0 Å². The molecule has 3 rings (SSSR count). The zero-order chi connectivity index (χ0) is 18.5. The van der Waals surface area contributed by atoms with Gasteiger partial charge in [-0.3, -0.25) is 4.79 Å². The normalized spacial score (nSPS) is 13.1. The van der Waals surface area contributed by atoms with Gasteiger partial charge in [0.2, 0.25) is 5.91 Å². The fourth-order valence-electron chi connectivity index (χ4n) is 3.04. The number of ether oxygens (including phenoxy) is 2. The highest BCUT2D eigenvalue weighted by atomic mass is 16.5. The molecule has 0 radical (unpaired) electrons. The Morgan fingerprint density at radius 3 is 2.54 bits per heavy atom. The standard InChI is InChI=1S/C22H23NO3/c1-15-6-4-5-7-19(15)23-22(24)11-9-16-8-10-17-13-20(25-2)21(26-3)14-18(17)12-16/h4-7,9,11-14H,8,10H2,1-3H3,(H,23,24)/b11-9+. The summed E-state index contributed by atoms with van der Waals surface area (Å²) < 4.78 is 10.7. The molecule has 2 aromatic carbocycles. The number of allylic oxidation sites excluding steroid dienone is 2. The van der Waals surface area contributed by atoms with Crippen LogP contribution in [-0.4, -0.2) is 20.1 Å². The summed E-state index contributed by atoms with van der Waals surface area (Å²) in [6.45, 7) is 1.97. The molecule has 1 aliphatic rings. The zero-order valence-corrected chi connectivity index (χ0v) is 15.3. The molecule has 0 spiro atoms. The van der Waals surface area contributed by atoms with Crippen molar-refractivity contribution in [1.29, 1.82) is 0 Å². The number of nitrogens with one attached hydrogen (secondary N) is 1. The monoisotopic (exact) mass is 349 g/mol. The molecule has 0 heterocycles. The lowest BCUT2D eigenvalue weighted by Gasteiger charge is -2.17. The molecule has 0 fully saturated rings. The summed E-state index contributed by atoms with van der Waals surface area (Å²) >= 11 is 0. The minimum atomic E-state index is -0.127. The van der Waals surface area contributed by atoms with Crippen LogP contribution in [0.2, 0.25) is 0 Å². The summed E-state index contributed by atoms with van der Waals surface area (Å²) in [4.78, 5) is 12.2. The van der Waals surface area contributed by atoms with Crippen LogP contribution in [0.4, 0.5) is 5.69 Å². The minimum absolute atomic E-state index is 0.127. The lowest BCUT2D eigenvalue weighted by Crippen LogP contribution is -2.09. The van der Waals surface area contributed by atoms with Gasteiger partial charge < -0.3 is 14.8 Å². The quantitative estimate of drug-likeness (QED) is 0.807. The molecule has 134 valence electrons. The highest BCUT2D eigenvalue weighted by molar-refractivity contribution is 6.00. The zero-order valence-electron chi connectivity index (χ0n) is 15.3. The Labute approximate surface area is 154 Å². The van der Waals surface area contributed by atoms with Gasteiger partial charge in [0.1, 0.15) is 0 Å². The first-order valence-electron chi connectivity index (χ1n) is 8.61. The van der Waals surface area contributed by atoms with Gasteiger partial charge in [0.25, 0.3) is 0 Å². The number of benzene rings is 2. The van der Waals surface area contributed by atoms with E-state index in [0.29, 0.717) is 5.75 Å². The van der Waals surface area contributed by atoms with E-state index >= 15 is 0 Å². The molecule has 0 unspecified atom stereocenters. The van der Waals surface area contributed by atoms with Crippen molar-refractivity contribution < 1.29 is 14.3 Å². The Kier molecular flexibility index (Phi) is 5.42. The van der Waals surface area contributed by atoms with E-state index in [4.69, 9.17) is 9.47 Å². The molecular formula is C22H23NO3. The van der Waals surface area contributed by atoms with Crippen LogP contribution < -0.4 is 14.8 Å². The number of fused-ring (bicyclic) bond motifs is 1. The number of carbonyl (C=O) groups is 1. The van der Waals surface area contributed by atoms with E-state index in [1.165, 1.54) is 5.56 Å². The maximum absolute atomic E-state index is 12.2. The van der Waals surface area contributed by atoms with Gasteiger partial charge in [-0.1, -0.05) is 30.4 Å². The molecule has 2 aromatic rings. The Hall–Kier alpha value is -3.01. The third-order valence-corrected chi connectivity index (χ3v) is 4.52. The van der Waals surface area contributed by atoms with Crippen molar-refractivity contribution in [2.24, 2.45) is 0 Å². The van der Waals surface area contributed by atoms with Crippen molar-refractivity contribution in [2.45, 2.75) is 19.8 Å². The molecule has 26 heavy (non-hydrogen) atoms. The molecule has 1 N–H and O–H groups in total. The molecule has 4 heteroatoms. The largest absolute Gasteiger partial charge is 0.493 e. The number of hydrogen-bond donors (Lipinski definition) is 1. The maximum atomic E-state index is 12.2. The van der Waals surface area contributed by atoms with E-state index in [0.717, 1.165) is 41.0 Å². The molecule has 0 atom stereocenters. The van der Waals surface area contributed by atoms with Crippen LogP contribution in [0.5, 0.6) is 11.5 Å². The van der Waals surface area contributed by atoms with Crippen LogP contribution >= 0.6 is 0 Å². The lowest BCUT2D eigenvalue weighted by molar-refractivity contribution is -0.111. The van der Waals surface area contributed by atoms with Gasteiger partial charge in [0.05, 0.1) is 14.2 Å². The summed E-state index contributed by atoms with van der Waals surface area (Å²) in [5, 5.41) is 2.91. The number of hydrogen-bond acceptors (Lipinski definition) is 3. The van der Waals surface area contributed by atoms with Gasteiger partial charge >= 0.3 is 0 Å². The number of aryl methyl sites for hydroxylation is 2. The van der Waals surface area contributed by atoms with Crippen LogP contribution in [0.3, 0.4) is 0 Å². The van der Waals surface area contributed by atoms with E-state index in [2.05, 4.69) is 11.4 Å². The molecular weight excluding hydrogens is 326 g/mol.